The van der Waals surface area contributed by atoms with Gasteiger partial charge in [-0.25, -0.2) is 0 Å². The predicted molar refractivity (Wildman–Crippen MR) is 204 cm³/mol. The van der Waals surface area contributed by atoms with Crippen LogP contribution in [-0.4, -0.2) is 102 Å². The van der Waals surface area contributed by atoms with Crippen LogP contribution in [0.4, 0.5) is 11.4 Å². The molecule has 2 aliphatic rings. The van der Waals surface area contributed by atoms with E-state index in [0.29, 0.717) is 61.8 Å². The molecule has 2 aromatic heterocycles. The second-order valence-corrected chi connectivity index (χ2v) is 13.9. The summed E-state index contributed by atoms with van der Waals surface area (Å²) in [5.74, 6) is 1.64. The molecule has 0 bridgehead atoms. The van der Waals surface area contributed by atoms with Crippen LogP contribution in [0, 0.1) is 5.92 Å². The summed E-state index contributed by atoms with van der Waals surface area (Å²) in [6.07, 6.45) is 7.80. The number of methoxy groups -OCH3 is 2. The second-order valence-electron chi connectivity index (χ2n) is 13.9. The highest BCUT2D eigenvalue weighted by atomic mass is 16.5. The second kappa shape index (κ2) is 17.0. The van der Waals surface area contributed by atoms with E-state index in [0.717, 1.165) is 78.9 Å². The minimum atomic E-state index is -0.465. The summed E-state index contributed by atoms with van der Waals surface area (Å²) in [5, 5.41) is 13.1. The highest BCUT2D eigenvalue weighted by Gasteiger charge is 2.28. The number of aromatic amines is 1. The van der Waals surface area contributed by atoms with Crippen LogP contribution < -0.4 is 30.6 Å². The molecule has 2 saturated heterocycles. The van der Waals surface area contributed by atoms with E-state index >= 15 is 0 Å². The number of aromatic nitrogens is 3. The van der Waals surface area contributed by atoms with Gasteiger partial charge in [0.2, 0.25) is 18.2 Å². The Kier molecular flexibility index (Phi) is 12.0. The number of carbonyl (C=O) groups is 3. The molecule has 4 aromatic rings. The van der Waals surface area contributed by atoms with E-state index in [-0.39, 0.29) is 17.4 Å². The molecule has 0 aliphatic carbocycles. The van der Waals surface area contributed by atoms with E-state index < -0.39 is 6.04 Å². The van der Waals surface area contributed by atoms with Crippen molar-refractivity contribution < 1.29 is 23.9 Å². The smallest absolute Gasteiger partial charge is 0.276 e. The molecule has 2 aliphatic heterocycles. The van der Waals surface area contributed by atoms with Crippen molar-refractivity contribution in [3.05, 3.63) is 64.7 Å². The SMILES string of the molecule is CCCC(Nc1ccc(N2CCC(CC(=O)N3CCN(Cc4c(OC)cc(-c5cn(C)c(=O)c6[nH]ncc56)cc4OC)CC3)CC2)cc1)C(=O)NC=O. The maximum absolute atomic E-state index is 13.4. The minimum Gasteiger partial charge on any atom is -0.496 e. The van der Waals surface area contributed by atoms with Gasteiger partial charge in [-0.1, -0.05) is 13.3 Å². The van der Waals surface area contributed by atoms with Crippen molar-refractivity contribution in [2.24, 2.45) is 13.0 Å². The van der Waals surface area contributed by atoms with Crippen LogP contribution in [0.5, 0.6) is 11.5 Å². The molecular weight excluding hydrogens is 676 g/mol. The number of anilines is 2. The van der Waals surface area contributed by atoms with E-state index in [1.807, 2.05) is 36.1 Å². The molecule has 3 N–H and O–H groups in total. The number of hydrogen-bond acceptors (Lipinski definition) is 10. The van der Waals surface area contributed by atoms with Gasteiger partial charge in [0.1, 0.15) is 23.1 Å². The number of hydrogen-bond donors (Lipinski definition) is 3. The van der Waals surface area contributed by atoms with Crippen molar-refractivity contribution in [2.75, 3.05) is 63.7 Å². The number of ether oxygens (including phenoxy) is 2. The van der Waals surface area contributed by atoms with Crippen molar-refractivity contribution >= 4 is 40.5 Å². The van der Waals surface area contributed by atoms with E-state index in [2.05, 4.69) is 42.8 Å². The van der Waals surface area contributed by atoms with Crippen LogP contribution in [0.3, 0.4) is 0 Å². The molecule has 14 nitrogen and oxygen atoms in total. The number of benzene rings is 2. The maximum Gasteiger partial charge on any atom is 0.276 e. The first-order valence-electron chi connectivity index (χ1n) is 18.4. The number of pyridine rings is 1. The van der Waals surface area contributed by atoms with Crippen molar-refractivity contribution in [3.63, 3.8) is 0 Å². The zero-order valence-corrected chi connectivity index (χ0v) is 31.0. The molecule has 282 valence electrons. The zero-order chi connectivity index (χ0) is 37.5. The number of fused-ring (bicyclic) bond motifs is 1. The average molecular weight is 727 g/mol. The third kappa shape index (κ3) is 8.48. The molecule has 6 rings (SSSR count). The summed E-state index contributed by atoms with van der Waals surface area (Å²) in [6.45, 7) is 7.24. The molecule has 53 heavy (non-hydrogen) atoms. The topological polar surface area (TPSA) is 154 Å². The summed E-state index contributed by atoms with van der Waals surface area (Å²) in [4.78, 5) is 55.6. The molecule has 2 aromatic carbocycles. The molecule has 0 radical (unpaired) electrons. The summed E-state index contributed by atoms with van der Waals surface area (Å²) in [5.41, 5.74) is 4.90. The molecule has 1 unspecified atom stereocenters. The van der Waals surface area contributed by atoms with Gasteiger partial charge < -0.3 is 29.2 Å². The molecular formula is C39H50N8O6. The fourth-order valence-corrected chi connectivity index (χ4v) is 7.51. The summed E-state index contributed by atoms with van der Waals surface area (Å²) in [6, 6.07) is 11.5. The molecule has 0 spiro atoms. The number of imide groups is 1. The summed E-state index contributed by atoms with van der Waals surface area (Å²) >= 11 is 0. The molecule has 14 heteroatoms. The summed E-state index contributed by atoms with van der Waals surface area (Å²) in [7, 11) is 5.02. The first-order chi connectivity index (χ1) is 25.7. The van der Waals surface area contributed by atoms with Gasteiger partial charge in [-0.3, -0.25) is 34.5 Å². The standard InChI is InChI=1S/C39H50N8O6/c1-5-6-33(38(50)40-25-48)42-28-7-9-29(10-8-28)46-13-11-26(12-14-46)19-36(49)47-17-15-45(16-18-47)24-32-34(52-3)20-27(21-35(32)53-4)31-23-44(2)39(51)37-30(31)22-41-43-37/h7-10,20-23,25-26,33,42H,5-6,11-19,24H2,1-4H3,(H,41,43)(H,40,48,50). The fourth-order valence-electron chi connectivity index (χ4n) is 7.51. The Morgan fingerprint density at radius 3 is 2.32 bits per heavy atom. The molecule has 2 fully saturated rings. The monoisotopic (exact) mass is 726 g/mol. The number of amides is 3. The molecule has 0 saturated carbocycles. The lowest BCUT2D eigenvalue weighted by atomic mass is 9.92. The van der Waals surface area contributed by atoms with E-state index in [9.17, 15) is 19.2 Å². The Bertz CT molecular complexity index is 1930. The predicted octanol–water partition coefficient (Wildman–Crippen LogP) is 3.75. The van der Waals surface area contributed by atoms with Crippen molar-refractivity contribution in [3.8, 4) is 22.6 Å². The normalized spacial score (nSPS) is 16.0. The number of aryl methyl sites for hydroxylation is 1. The van der Waals surface area contributed by atoms with E-state index in [1.54, 1.807) is 38.2 Å². The van der Waals surface area contributed by atoms with Crippen LogP contribution in [0.25, 0.3) is 22.0 Å². The Morgan fingerprint density at radius 2 is 1.70 bits per heavy atom. The largest absolute Gasteiger partial charge is 0.496 e. The third-order valence-corrected chi connectivity index (χ3v) is 10.6. The van der Waals surface area contributed by atoms with Crippen LogP contribution >= 0.6 is 0 Å². The van der Waals surface area contributed by atoms with E-state index in [1.165, 1.54) is 0 Å². The quantitative estimate of drug-likeness (QED) is 0.164. The lowest BCUT2D eigenvalue weighted by molar-refractivity contribution is -0.134. The van der Waals surface area contributed by atoms with Crippen LogP contribution in [0.2, 0.25) is 0 Å². The maximum atomic E-state index is 13.4. The minimum absolute atomic E-state index is 0.142. The molecule has 3 amide bonds. The van der Waals surface area contributed by atoms with Gasteiger partial charge >= 0.3 is 0 Å². The highest BCUT2D eigenvalue weighted by Crippen LogP contribution is 2.38. The van der Waals surface area contributed by atoms with Gasteiger partial charge in [0.25, 0.3) is 5.56 Å². The van der Waals surface area contributed by atoms with Crippen molar-refractivity contribution in [1.29, 1.82) is 0 Å². The number of carbonyl (C=O) groups excluding carboxylic acids is 3. The number of piperazine rings is 1. The van der Waals surface area contributed by atoms with Gasteiger partial charge in [-0.05, 0) is 67.1 Å². The first kappa shape index (κ1) is 37.4. The van der Waals surface area contributed by atoms with Gasteiger partial charge in [-0.15, -0.1) is 0 Å². The lowest BCUT2D eigenvalue weighted by Gasteiger charge is -2.37. The Balaban J connectivity index is 0.995. The summed E-state index contributed by atoms with van der Waals surface area (Å²) < 4.78 is 13.3. The Labute approximate surface area is 309 Å². The van der Waals surface area contributed by atoms with Gasteiger partial charge in [-0.2, -0.15) is 5.10 Å². The number of H-pyrrole nitrogens is 1. The van der Waals surface area contributed by atoms with Crippen LogP contribution in [0.1, 0.15) is 44.6 Å². The number of nitrogens with zero attached hydrogens (tertiary/aromatic N) is 5. The Morgan fingerprint density at radius 1 is 1.02 bits per heavy atom. The van der Waals surface area contributed by atoms with Crippen molar-refractivity contribution in [1.82, 2.24) is 29.9 Å². The lowest BCUT2D eigenvalue weighted by Crippen LogP contribution is -2.49. The molecule has 1 atom stereocenters. The van der Waals surface area contributed by atoms with Crippen LogP contribution in [-0.2, 0) is 28.0 Å². The van der Waals surface area contributed by atoms with Gasteiger partial charge in [0.05, 0.1) is 26.0 Å². The molecule has 4 heterocycles. The average Bonchev–Trinajstić information content (AvgIpc) is 3.68. The third-order valence-electron chi connectivity index (χ3n) is 10.6. The van der Waals surface area contributed by atoms with Crippen LogP contribution in [0.15, 0.2) is 53.6 Å². The number of piperidine rings is 1. The first-order valence-corrected chi connectivity index (χ1v) is 18.4. The Hall–Kier alpha value is -5.37. The number of nitrogens with one attached hydrogen (secondary N) is 3. The fraction of sp³-hybridized carbons (Fsp3) is 0.462. The van der Waals surface area contributed by atoms with Gasteiger partial charge in [0, 0.05) is 87.8 Å². The van der Waals surface area contributed by atoms with E-state index in [4.69, 9.17) is 9.47 Å². The zero-order valence-electron chi connectivity index (χ0n) is 31.0. The number of rotatable bonds is 14. The van der Waals surface area contributed by atoms with Gasteiger partial charge in [0.15, 0.2) is 0 Å². The van der Waals surface area contributed by atoms with Crippen molar-refractivity contribution in [2.45, 2.75) is 51.6 Å². The highest BCUT2D eigenvalue weighted by molar-refractivity contribution is 5.94.